The highest BCUT2D eigenvalue weighted by Gasteiger charge is 2.20. The summed E-state index contributed by atoms with van der Waals surface area (Å²) < 4.78 is 27.5. The van der Waals surface area contributed by atoms with Crippen LogP contribution in [0.3, 0.4) is 0 Å². The van der Waals surface area contributed by atoms with Gasteiger partial charge in [-0.05, 0) is 37.3 Å². The fourth-order valence-electron chi connectivity index (χ4n) is 3.33. The fourth-order valence-corrected chi connectivity index (χ4v) is 5.71. The molecule has 6 nitrogen and oxygen atoms in total. The van der Waals surface area contributed by atoms with E-state index < -0.39 is 10.0 Å². The molecule has 3 N–H and O–H groups in total. The number of thiazole rings is 1. The van der Waals surface area contributed by atoms with Gasteiger partial charge >= 0.3 is 4.87 Å². The molecule has 0 fully saturated rings. The van der Waals surface area contributed by atoms with Crippen LogP contribution in [0.2, 0.25) is 0 Å². The van der Waals surface area contributed by atoms with Crippen LogP contribution in [0.4, 0.5) is 0 Å². The third-order valence-electron chi connectivity index (χ3n) is 4.82. The van der Waals surface area contributed by atoms with E-state index in [1.54, 1.807) is 6.92 Å². The Morgan fingerprint density at radius 2 is 1.60 bits per heavy atom. The molecule has 1 aromatic heterocycles. The lowest BCUT2D eigenvalue weighted by molar-refractivity contribution is 0.478. The van der Waals surface area contributed by atoms with Gasteiger partial charge in [0.05, 0.1) is 0 Å². The van der Waals surface area contributed by atoms with Crippen LogP contribution < -0.4 is 14.9 Å². The van der Waals surface area contributed by atoms with Crippen molar-refractivity contribution < 1.29 is 8.42 Å². The SMILES string of the molecule is Cc1[nH]c(=O)sc1S(=O)(=O)NCCN[C@H](CCc1ccccc1)Cc1ccccc1. The van der Waals surface area contributed by atoms with Gasteiger partial charge in [0.25, 0.3) is 10.0 Å². The maximum Gasteiger partial charge on any atom is 0.305 e. The molecular formula is C22H27N3O3S2. The standard InChI is InChI=1S/C22H27N3O3S2/c1-17-21(29-22(26)25-17)30(27,28)24-15-14-23-20(16-19-10-6-3-7-11-19)13-12-18-8-4-2-5-9-18/h2-11,20,23-24H,12-16H2,1H3,(H,25,26)/t20-/m1/s1. The molecule has 0 amide bonds. The molecule has 0 aliphatic heterocycles. The molecule has 0 bridgehead atoms. The van der Waals surface area contributed by atoms with E-state index in [1.165, 1.54) is 11.1 Å². The van der Waals surface area contributed by atoms with Crippen molar-refractivity contribution in [1.29, 1.82) is 0 Å². The molecule has 0 aliphatic rings. The summed E-state index contributed by atoms with van der Waals surface area (Å²) in [4.78, 5) is 13.5. The van der Waals surface area contributed by atoms with E-state index in [0.29, 0.717) is 23.6 Å². The first-order valence-corrected chi connectivity index (χ1v) is 12.2. The summed E-state index contributed by atoms with van der Waals surface area (Å²) in [7, 11) is -3.68. The van der Waals surface area contributed by atoms with Crippen molar-refractivity contribution in [1.82, 2.24) is 15.0 Å². The maximum atomic E-state index is 12.4. The molecule has 1 atom stereocenters. The largest absolute Gasteiger partial charge is 0.315 e. The zero-order chi connectivity index (χ0) is 21.4. The lowest BCUT2D eigenvalue weighted by Gasteiger charge is -2.19. The molecular weight excluding hydrogens is 418 g/mol. The van der Waals surface area contributed by atoms with Crippen molar-refractivity contribution in [2.75, 3.05) is 13.1 Å². The van der Waals surface area contributed by atoms with Gasteiger partial charge in [0.15, 0.2) is 4.21 Å². The number of aromatic amines is 1. The van der Waals surface area contributed by atoms with E-state index in [1.807, 2.05) is 36.4 Å². The number of hydrogen-bond acceptors (Lipinski definition) is 5. The quantitative estimate of drug-likeness (QED) is 0.396. The van der Waals surface area contributed by atoms with Crippen molar-refractivity contribution in [2.24, 2.45) is 0 Å². The molecule has 0 aliphatic carbocycles. The van der Waals surface area contributed by atoms with E-state index in [2.05, 4.69) is 39.3 Å². The summed E-state index contributed by atoms with van der Waals surface area (Å²) in [5.41, 5.74) is 2.91. The summed E-state index contributed by atoms with van der Waals surface area (Å²) in [6.45, 7) is 2.35. The van der Waals surface area contributed by atoms with Crippen LogP contribution in [0.25, 0.3) is 0 Å². The normalized spacial score (nSPS) is 12.7. The van der Waals surface area contributed by atoms with Gasteiger partial charge in [-0.1, -0.05) is 72.0 Å². The molecule has 160 valence electrons. The zero-order valence-corrected chi connectivity index (χ0v) is 18.6. The molecule has 0 saturated carbocycles. The minimum atomic E-state index is -3.68. The van der Waals surface area contributed by atoms with Crippen LogP contribution in [-0.4, -0.2) is 32.5 Å². The molecule has 0 saturated heterocycles. The average molecular weight is 446 g/mol. The number of benzene rings is 2. The van der Waals surface area contributed by atoms with E-state index in [0.717, 1.165) is 19.3 Å². The highest BCUT2D eigenvalue weighted by molar-refractivity contribution is 7.91. The van der Waals surface area contributed by atoms with Crippen LogP contribution in [0, 0.1) is 6.92 Å². The number of rotatable bonds is 11. The zero-order valence-electron chi connectivity index (χ0n) is 16.9. The Morgan fingerprint density at radius 1 is 0.967 bits per heavy atom. The molecule has 30 heavy (non-hydrogen) atoms. The van der Waals surface area contributed by atoms with Gasteiger partial charge in [-0.25, -0.2) is 13.1 Å². The Hall–Kier alpha value is -2.26. The first-order chi connectivity index (χ1) is 14.4. The van der Waals surface area contributed by atoms with Crippen LogP contribution >= 0.6 is 11.3 Å². The summed E-state index contributed by atoms with van der Waals surface area (Å²) >= 11 is 0.711. The number of H-pyrrole nitrogens is 1. The van der Waals surface area contributed by atoms with Crippen molar-refractivity contribution in [3.63, 3.8) is 0 Å². The average Bonchev–Trinajstić information content (AvgIpc) is 3.09. The van der Waals surface area contributed by atoms with Gasteiger partial charge in [-0.15, -0.1) is 0 Å². The van der Waals surface area contributed by atoms with Gasteiger partial charge in [0.2, 0.25) is 0 Å². The number of nitrogens with one attached hydrogen (secondary N) is 3. The van der Waals surface area contributed by atoms with E-state index in [9.17, 15) is 13.2 Å². The first-order valence-electron chi connectivity index (χ1n) is 9.94. The van der Waals surface area contributed by atoms with Crippen molar-refractivity contribution in [3.8, 4) is 0 Å². The summed E-state index contributed by atoms with van der Waals surface area (Å²) in [6.07, 6.45) is 2.77. The molecule has 2 aromatic carbocycles. The van der Waals surface area contributed by atoms with Crippen LogP contribution in [-0.2, 0) is 22.9 Å². The van der Waals surface area contributed by atoms with Gasteiger partial charge in [0, 0.05) is 24.8 Å². The fraction of sp³-hybridized carbons (Fsp3) is 0.318. The molecule has 1 heterocycles. The summed E-state index contributed by atoms with van der Waals surface area (Å²) in [5, 5.41) is 3.49. The van der Waals surface area contributed by atoms with E-state index in [4.69, 9.17) is 0 Å². The third kappa shape index (κ3) is 6.63. The second kappa shape index (κ2) is 10.7. The number of aryl methyl sites for hydroxylation is 2. The summed E-state index contributed by atoms with van der Waals surface area (Å²) in [5.74, 6) is 0. The van der Waals surface area contributed by atoms with Crippen LogP contribution in [0.1, 0.15) is 23.2 Å². The van der Waals surface area contributed by atoms with Gasteiger partial charge in [0.1, 0.15) is 0 Å². The molecule has 3 rings (SSSR count). The van der Waals surface area contributed by atoms with Gasteiger partial charge in [-0.3, -0.25) is 4.79 Å². The Bertz CT molecular complexity index is 1080. The molecule has 0 spiro atoms. The van der Waals surface area contributed by atoms with Crippen molar-refractivity contribution >= 4 is 21.4 Å². The Morgan fingerprint density at radius 3 is 2.20 bits per heavy atom. The van der Waals surface area contributed by atoms with E-state index >= 15 is 0 Å². The minimum Gasteiger partial charge on any atom is -0.315 e. The number of hydrogen-bond donors (Lipinski definition) is 3. The van der Waals surface area contributed by atoms with Gasteiger partial charge < -0.3 is 10.3 Å². The second-order valence-electron chi connectivity index (χ2n) is 7.19. The maximum absolute atomic E-state index is 12.4. The molecule has 0 radical (unpaired) electrons. The predicted octanol–water partition coefficient (Wildman–Crippen LogP) is 2.86. The Kier molecular flexibility index (Phi) is 7.98. The molecule has 3 aromatic rings. The Balaban J connectivity index is 1.55. The van der Waals surface area contributed by atoms with Gasteiger partial charge in [-0.2, -0.15) is 0 Å². The van der Waals surface area contributed by atoms with Crippen LogP contribution in [0.15, 0.2) is 69.7 Å². The Labute approximate surface area is 181 Å². The highest BCUT2D eigenvalue weighted by Crippen LogP contribution is 2.15. The highest BCUT2D eigenvalue weighted by atomic mass is 32.2. The monoisotopic (exact) mass is 445 g/mol. The third-order valence-corrected chi connectivity index (χ3v) is 7.89. The second-order valence-corrected chi connectivity index (χ2v) is 10.1. The smallest absolute Gasteiger partial charge is 0.305 e. The molecule has 8 heteroatoms. The minimum absolute atomic E-state index is 0.0532. The number of sulfonamides is 1. The summed E-state index contributed by atoms with van der Waals surface area (Å²) in [6, 6.07) is 20.8. The van der Waals surface area contributed by atoms with Crippen molar-refractivity contribution in [2.45, 2.75) is 36.4 Å². The topological polar surface area (TPSA) is 91.1 Å². The molecule has 0 unspecified atom stereocenters. The lowest BCUT2D eigenvalue weighted by atomic mass is 9.99. The predicted molar refractivity (Wildman–Crippen MR) is 122 cm³/mol. The lowest BCUT2D eigenvalue weighted by Crippen LogP contribution is -2.38. The first kappa shape index (κ1) is 22.4. The number of aromatic nitrogens is 1. The van der Waals surface area contributed by atoms with E-state index in [-0.39, 0.29) is 21.7 Å². The van der Waals surface area contributed by atoms with Crippen LogP contribution in [0.5, 0.6) is 0 Å². The van der Waals surface area contributed by atoms with Crippen molar-refractivity contribution in [3.05, 3.63) is 87.2 Å².